The van der Waals surface area contributed by atoms with Crippen molar-refractivity contribution in [2.24, 2.45) is 5.92 Å². The van der Waals surface area contributed by atoms with Crippen LogP contribution in [0.3, 0.4) is 0 Å². The number of halogens is 1. The number of hydrogen-bond donors (Lipinski definition) is 1. The van der Waals surface area contributed by atoms with Crippen molar-refractivity contribution < 1.29 is 9.90 Å². The Bertz CT molecular complexity index is 461. The zero-order valence-corrected chi connectivity index (χ0v) is 12.3. The first-order valence-electron chi connectivity index (χ1n) is 6.22. The molecule has 1 heterocycles. The molecule has 18 heavy (non-hydrogen) atoms. The average molecular weight is 312 g/mol. The Balaban J connectivity index is 2.28. The maximum Gasteiger partial charge on any atom is 0.254 e. The fourth-order valence-electron chi connectivity index (χ4n) is 2.52. The summed E-state index contributed by atoms with van der Waals surface area (Å²) in [4.78, 5) is 14.3. The molecule has 0 spiro atoms. The van der Waals surface area contributed by atoms with Gasteiger partial charge < -0.3 is 10.0 Å². The third kappa shape index (κ3) is 2.45. The first-order chi connectivity index (χ1) is 8.54. The highest BCUT2D eigenvalue weighted by atomic mass is 79.9. The number of benzene rings is 1. The second-order valence-corrected chi connectivity index (χ2v) is 5.89. The number of aryl methyl sites for hydroxylation is 1. The molecular weight excluding hydrogens is 294 g/mol. The highest BCUT2D eigenvalue weighted by molar-refractivity contribution is 9.10. The van der Waals surface area contributed by atoms with E-state index in [1.165, 1.54) is 0 Å². The van der Waals surface area contributed by atoms with Crippen molar-refractivity contribution in [1.82, 2.24) is 4.90 Å². The Kier molecular flexibility index (Phi) is 4.07. The summed E-state index contributed by atoms with van der Waals surface area (Å²) in [6.45, 7) is 4.80. The van der Waals surface area contributed by atoms with E-state index in [0.29, 0.717) is 5.92 Å². The number of aliphatic hydroxyl groups excluding tert-OH is 1. The lowest BCUT2D eigenvalue weighted by Crippen LogP contribution is -2.40. The molecule has 1 N–H and O–H groups in total. The van der Waals surface area contributed by atoms with E-state index in [0.717, 1.165) is 28.6 Å². The van der Waals surface area contributed by atoms with E-state index < -0.39 is 0 Å². The second kappa shape index (κ2) is 5.41. The fraction of sp³-hybridized carbons (Fsp3) is 0.500. The molecule has 3 nitrogen and oxygen atoms in total. The minimum Gasteiger partial charge on any atom is -0.394 e. The summed E-state index contributed by atoms with van der Waals surface area (Å²) in [5.41, 5.74) is 1.69. The van der Waals surface area contributed by atoms with E-state index in [4.69, 9.17) is 0 Å². The van der Waals surface area contributed by atoms with E-state index >= 15 is 0 Å². The van der Waals surface area contributed by atoms with Crippen LogP contribution in [-0.4, -0.2) is 35.1 Å². The van der Waals surface area contributed by atoms with Crippen LogP contribution in [0, 0.1) is 12.8 Å². The van der Waals surface area contributed by atoms with Gasteiger partial charge in [-0.2, -0.15) is 0 Å². The highest BCUT2D eigenvalue weighted by Crippen LogP contribution is 2.27. The van der Waals surface area contributed by atoms with Crippen LogP contribution in [-0.2, 0) is 0 Å². The van der Waals surface area contributed by atoms with Gasteiger partial charge in [0.15, 0.2) is 0 Å². The molecule has 1 aromatic carbocycles. The van der Waals surface area contributed by atoms with Crippen LogP contribution < -0.4 is 0 Å². The predicted octanol–water partition coefficient (Wildman–Crippen LogP) is 2.60. The summed E-state index contributed by atoms with van der Waals surface area (Å²) < 4.78 is 0.907. The van der Waals surface area contributed by atoms with E-state index in [9.17, 15) is 9.90 Å². The number of rotatable bonds is 2. The molecular formula is C14H18BrNO2. The van der Waals surface area contributed by atoms with Crippen LogP contribution in [0.4, 0.5) is 0 Å². The van der Waals surface area contributed by atoms with Crippen molar-refractivity contribution in [3.63, 3.8) is 0 Å². The number of carbonyl (C=O) groups is 1. The summed E-state index contributed by atoms with van der Waals surface area (Å²) in [7, 11) is 0. The lowest BCUT2D eigenvalue weighted by molar-refractivity contribution is 0.0647. The summed E-state index contributed by atoms with van der Waals surface area (Å²) in [5, 5.41) is 9.42. The summed E-state index contributed by atoms with van der Waals surface area (Å²) >= 11 is 3.40. The van der Waals surface area contributed by atoms with Gasteiger partial charge in [-0.05, 0) is 37.0 Å². The first kappa shape index (κ1) is 13.6. The van der Waals surface area contributed by atoms with Gasteiger partial charge in [0.05, 0.1) is 12.6 Å². The van der Waals surface area contributed by atoms with E-state index in [1.54, 1.807) is 4.90 Å². The molecule has 4 heteroatoms. The number of likely N-dealkylation sites (tertiary alicyclic amines) is 1. The molecule has 0 bridgehead atoms. The standard InChI is InChI=1S/C14H18BrNO2/c1-9-3-4-11(15)7-12(9)14(18)16-6-5-10(2)13(16)8-17/h3-4,7,10,13,17H,5-6,8H2,1-2H3. The Hall–Kier alpha value is -0.870. The van der Waals surface area contributed by atoms with E-state index in [2.05, 4.69) is 22.9 Å². The molecule has 2 unspecified atom stereocenters. The molecule has 98 valence electrons. The summed E-state index contributed by atoms with van der Waals surface area (Å²) in [6.07, 6.45) is 0.962. The average Bonchev–Trinajstić information content (AvgIpc) is 2.72. The van der Waals surface area contributed by atoms with E-state index in [-0.39, 0.29) is 18.6 Å². The van der Waals surface area contributed by atoms with Crippen molar-refractivity contribution in [2.75, 3.05) is 13.2 Å². The number of carbonyl (C=O) groups excluding carboxylic acids is 1. The lowest BCUT2D eigenvalue weighted by atomic mass is 10.0. The van der Waals surface area contributed by atoms with Gasteiger partial charge in [-0.15, -0.1) is 0 Å². The van der Waals surface area contributed by atoms with Crippen molar-refractivity contribution in [2.45, 2.75) is 26.3 Å². The number of nitrogens with zero attached hydrogens (tertiary/aromatic N) is 1. The smallest absolute Gasteiger partial charge is 0.254 e. The first-order valence-corrected chi connectivity index (χ1v) is 7.02. The zero-order chi connectivity index (χ0) is 13.3. The summed E-state index contributed by atoms with van der Waals surface area (Å²) in [6, 6.07) is 5.68. The molecule has 0 aromatic heterocycles. The molecule has 2 atom stereocenters. The monoisotopic (exact) mass is 311 g/mol. The van der Waals surface area contributed by atoms with Crippen molar-refractivity contribution in [3.05, 3.63) is 33.8 Å². The number of amides is 1. The van der Waals surface area contributed by atoms with Crippen LogP contribution in [0.25, 0.3) is 0 Å². The van der Waals surface area contributed by atoms with Gasteiger partial charge >= 0.3 is 0 Å². The van der Waals surface area contributed by atoms with Gasteiger partial charge in [-0.3, -0.25) is 4.79 Å². The minimum atomic E-state index is -0.0455. The van der Waals surface area contributed by atoms with Crippen molar-refractivity contribution >= 4 is 21.8 Å². The van der Waals surface area contributed by atoms with Crippen LogP contribution in [0.5, 0.6) is 0 Å². The number of aliphatic hydroxyl groups is 1. The summed E-state index contributed by atoms with van der Waals surface area (Å²) in [5.74, 6) is 0.392. The van der Waals surface area contributed by atoms with Gasteiger partial charge in [-0.25, -0.2) is 0 Å². The van der Waals surface area contributed by atoms with Gasteiger partial charge in [-0.1, -0.05) is 28.9 Å². The van der Waals surface area contributed by atoms with Crippen LogP contribution in [0.15, 0.2) is 22.7 Å². The molecule has 1 amide bonds. The second-order valence-electron chi connectivity index (χ2n) is 4.97. The SMILES string of the molecule is Cc1ccc(Br)cc1C(=O)N1CCC(C)C1CO. The van der Waals surface area contributed by atoms with Gasteiger partial charge in [0.2, 0.25) is 0 Å². The Morgan fingerprint density at radius 3 is 2.94 bits per heavy atom. The van der Waals surface area contributed by atoms with E-state index in [1.807, 2.05) is 25.1 Å². The molecule has 0 aliphatic carbocycles. The normalized spacial score (nSPS) is 23.4. The molecule has 1 aliphatic rings. The largest absolute Gasteiger partial charge is 0.394 e. The number of hydrogen-bond acceptors (Lipinski definition) is 2. The molecule has 0 saturated carbocycles. The van der Waals surface area contributed by atoms with Crippen LogP contribution in [0.1, 0.15) is 29.3 Å². The van der Waals surface area contributed by atoms with Crippen molar-refractivity contribution in [3.8, 4) is 0 Å². The molecule has 1 aromatic rings. The Morgan fingerprint density at radius 2 is 2.28 bits per heavy atom. The molecule has 1 aliphatic heterocycles. The highest BCUT2D eigenvalue weighted by Gasteiger charge is 2.34. The third-order valence-corrected chi connectivity index (χ3v) is 4.25. The van der Waals surface area contributed by atoms with Crippen LogP contribution >= 0.6 is 15.9 Å². The zero-order valence-electron chi connectivity index (χ0n) is 10.7. The van der Waals surface area contributed by atoms with Crippen LogP contribution in [0.2, 0.25) is 0 Å². The molecule has 1 fully saturated rings. The quantitative estimate of drug-likeness (QED) is 0.912. The Labute approximate surface area is 116 Å². The minimum absolute atomic E-state index is 0.0252. The van der Waals surface area contributed by atoms with Gasteiger partial charge in [0.1, 0.15) is 0 Å². The molecule has 0 radical (unpaired) electrons. The fourth-order valence-corrected chi connectivity index (χ4v) is 2.88. The Morgan fingerprint density at radius 1 is 1.56 bits per heavy atom. The van der Waals surface area contributed by atoms with Crippen molar-refractivity contribution in [1.29, 1.82) is 0 Å². The topological polar surface area (TPSA) is 40.5 Å². The molecule has 1 saturated heterocycles. The third-order valence-electron chi connectivity index (χ3n) is 3.76. The maximum absolute atomic E-state index is 12.5. The maximum atomic E-state index is 12.5. The molecule has 2 rings (SSSR count). The predicted molar refractivity (Wildman–Crippen MR) is 74.6 cm³/mol. The lowest BCUT2D eigenvalue weighted by Gasteiger charge is -2.26. The van der Waals surface area contributed by atoms with Gasteiger partial charge in [0.25, 0.3) is 5.91 Å². The van der Waals surface area contributed by atoms with Gasteiger partial charge in [0, 0.05) is 16.6 Å².